The molecule has 1 amide bonds. The lowest BCUT2D eigenvalue weighted by atomic mass is 9.92. The van der Waals surface area contributed by atoms with Crippen molar-refractivity contribution in [2.75, 3.05) is 5.32 Å². The van der Waals surface area contributed by atoms with Gasteiger partial charge in [-0.3, -0.25) is 4.79 Å². The lowest BCUT2D eigenvalue weighted by Gasteiger charge is -2.31. The van der Waals surface area contributed by atoms with Crippen molar-refractivity contribution in [2.24, 2.45) is 0 Å². The highest BCUT2D eigenvalue weighted by Gasteiger charge is 2.73. The average Bonchev–Trinajstić information content (AvgIpc) is 2.65. The minimum absolute atomic E-state index is 0.144. The minimum atomic E-state index is -6.63. The van der Waals surface area contributed by atoms with Gasteiger partial charge in [0, 0.05) is 10.0 Å². The van der Waals surface area contributed by atoms with Crippen molar-refractivity contribution >= 4 is 39.1 Å². The number of aromatic nitrogens is 1. The van der Waals surface area contributed by atoms with E-state index in [0.29, 0.717) is 0 Å². The molecule has 176 valence electrons. The van der Waals surface area contributed by atoms with Crippen LogP contribution in [0.3, 0.4) is 0 Å². The molecule has 0 bridgehead atoms. The molecule has 1 heterocycles. The number of anilines is 1. The summed E-state index contributed by atoms with van der Waals surface area (Å²) in [7, 11) is 0. The third-order valence-corrected chi connectivity index (χ3v) is 4.89. The van der Waals surface area contributed by atoms with Gasteiger partial charge in [0.05, 0.1) is 22.8 Å². The van der Waals surface area contributed by atoms with E-state index in [1.165, 1.54) is 12.1 Å². The zero-order chi connectivity index (χ0) is 24.7. The monoisotopic (exact) mass is 560 g/mol. The summed E-state index contributed by atoms with van der Waals surface area (Å²) in [6.07, 6.45) is -18.8. The van der Waals surface area contributed by atoms with E-state index < -0.39 is 63.2 Å². The molecule has 15 heteroatoms. The van der Waals surface area contributed by atoms with Crippen LogP contribution in [0.2, 0.25) is 0 Å². The Kier molecular flexibility index (Phi) is 7.10. The molecule has 0 atom stereocenters. The first-order valence-electron chi connectivity index (χ1n) is 8.00. The Morgan fingerprint density at radius 3 is 2.00 bits per heavy atom. The first-order chi connectivity index (χ1) is 14.4. The molecular formula is C17H8BrClF10N2O. The van der Waals surface area contributed by atoms with E-state index in [2.05, 4.69) is 20.9 Å². The Hall–Kier alpha value is -2.09. The van der Waals surface area contributed by atoms with Crippen molar-refractivity contribution in [3.8, 4) is 0 Å². The van der Waals surface area contributed by atoms with Gasteiger partial charge in [0.15, 0.2) is 0 Å². The van der Waals surface area contributed by atoms with Crippen LogP contribution in [0.4, 0.5) is 49.6 Å². The zero-order valence-electron chi connectivity index (χ0n) is 15.0. The van der Waals surface area contributed by atoms with Crippen LogP contribution in [-0.4, -0.2) is 23.2 Å². The van der Waals surface area contributed by atoms with Crippen LogP contribution in [0.5, 0.6) is 0 Å². The van der Waals surface area contributed by atoms with Crippen LogP contribution in [0.25, 0.3) is 0 Å². The molecular weight excluding hydrogens is 554 g/mol. The van der Waals surface area contributed by atoms with Gasteiger partial charge in [-0.05, 0) is 40.2 Å². The molecule has 0 aliphatic carbocycles. The molecule has 1 aromatic heterocycles. The van der Waals surface area contributed by atoms with Gasteiger partial charge >= 0.3 is 24.2 Å². The molecule has 0 saturated heterocycles. The van der Waals surface area contributed by atoms with Crippen molar-refractivity contribution in [2.45, 2.75) is 30.1 Å². The second-order valence-corrected chi connectivity index (χ2v) is 7.26. The fraction of sp³-hybridized carbons (Fsp3) is 0.294. The topological polar surface area (TPSA) is 42.0 Å². The Morgan fingerprint density at radius 1 is 0.969 bits per heavy atom. The van der Waals surface area contributed by atoms with E-state index in [1.54, 1.807) is 5.32 Å². The maximum absolute atomic E-state index is 14.3. The highest BCUT2D eigenvalue weighted by Crippen LogP contribution is 2.55. The van der Waals surface area contributed by atoms with Gasteiger partial charge in [0.25, 0.3) is 5.91 Å². The molecule has 0 spiro atoms. The molecule has 0 fully saturated rings. The summed E-state index contributed by atoms with van der Waals surface area (Å²) in [6.45, 7) is 0. The molecule has 32 heavy (non-hydrogen) atoms. The molecule has 1 aromatic carbocycles. The highest BCUT2D eigenvalue weighted by atomic mass is 79.9. The number of amides is 1. The summed E-state index contributed by atoms with van der Waals surface area (Å²) in [4.78, 5) is 16.0. The van der Waals surface area contributed by atoms with E-state index in [0.717, 1.165) is 6.07 Å². The van der Waals surface area contributed by atoms with Gasteiger partial charge in [-0.2, -0.15) is 39.5 Å². The molecule has 0 aliphatic rings. The first kappa shape index (κ1) is 26.2. The summed E-state index contributed by atoms with van der Waals surface area (Å²) in [5, 5.41) is 1.71. The van der Waals surface area contributed by atoms with Crippen molar-refractivity contribution in [1.82, 2.24) is 4.98 Å². The van der Waals surface area contributed by atoms with Gasteiger partial charge < -0.3 is 5.32 Å². The van der Waals surface area contributed by atoms with Gasteiger partial charge in [-0.1, -0.05) is 6.07 Å². The molecule has 0 unspecified atom stereocenters. The Bertz CT molecular complexity index is 1010. The van der Waals surface area contributed by atoms with Crippen LogP contribution in [0, 0.1) is 0 Å². The summed E-state index contributed by atoms with van der Waals surface area (Å²) < 4.78 is 131. The van der Waals surface area contributed by atoms with Gasteiger partial charge in [-0.15, -0.1) is 11.6 Å². The first-order valence-corrected chi connectivity index (χ1v) is 9.33. The van der Waals surface area contributed by atoms with E-state index in [9.17, 15) is 48.7 Å². The van der Waals surface area contributed by atoms with E-state index >= 15 is 0 Å². The lowest BCUT2D eigenvalue weighted by molar-refractivity contribution is -0.348. The van der Waals surface area contributed by atoms with Gasteiger partial charge in [0.1, 0.15) is 5.69 Å². The average molecular weight is 562 g/mol. The highest BCUT2D eigenvalue weighted by molar-refractivity contribution is 9.10. The van der Waals surface area contributed by atoms with Crippen LogP contribution in [0.1, 0.15) is 27.3 Å². The number of benzene rings is 1. The largest absolute Gasteiger partial charge is 0.435 e. The smallest absolute Gasteiger partial charge is 0.319 e. The number of pyridine rings is 1. The normalized spacial score (nSPS) is 13.2. The van der Waals surface area contributed by atoms with E-state index in [1.807, 2.05) is 0 Å². The summed E-state index contributed by atoms with van der Waals surface area (Å²) in [5.41, 5.74) is -12.2. The maximum atomic E-state index is 14.3. The number of hydrogen-bond donors (Lipinski definition) is 1. The number of carbonyl (C=O) groups excluding carboxylic acids is 1. The van der Waals surface area contributed by atoms with Gasteiger partial charge in [-0.25, -0.2) is 9.37 Å². The van der Waals surface area contributed by atoms with Crippen LogP contribution in [0.15, 0.2) is 34.8 Å². The number of alkyl halides is 11. The predicted octanol–water partition coefficient (Wildman–Crippen LogP) is 7.14. The Labute approximate surface area is 185 Å². The number of nitrogens with zero attached hydrogens (tertiary/aromatic N) is 1. The molecule has 2 aromatic rings. The molecule has 3 nitrogen and oxygen atoms in total. The number of rotatable bonds is 4. The predicted molar refractivity (Wildman–Crippen MR) is 95.8 cm³/mol. The number of nitrogens with one attached hydrogen (secondary N) is 1. The van der Waals surface area contributed by atoms with Crippen molar-refractivity contribution in [3.63, 3.8) is 0 Å². The van der Waals surface area contributed by atoms with Crippen LogP contribution < -0.4 is 5.32 Å². The van der Waals surface area contributed by atoms with E-state index in [4.69, 9.17) is 11.6 Å². The zero-order valence-corrected chi connectivity index (χ0v) is 17.3. The summed E-state index contributed by atoms with van der Waals surface area (Å²) >= 11 is 7.93. The van der Waals surface area contributed by atoms with E-state index in [-0.39, 0.29) is 17.6 Å². The van der Waals surface area contributed by atoms with Crippen LogP contribution in [-0.2, 0) is 17.7 Å². The number of carbonyl (C=O) groups is 1. The minimum Gasteiger partial charge on any atom is -0.319 e. The van der Waals surface area contributed by atoms with Crippen molar-refractivity contribution in [1.29, 1.82) is 0 Å². The standard InChI is InChI=1S/C17H8BrClF10N2O/c18-10-5-7(14(20,16(24,25)26)17(27,28)29)4-9(15(21,22)23)12(10)31-13(32)11-3-1-2-8(6-19)30-11/h1-5H,6H2,(H,31,32). The second-order valence-electron chi connectivity index (χ2n) is 6.13. The van der Waals surface area contributed by atoms with Crippen molar-refractivity contribution < 1.29 is 48.7 Å². The second kappa shape index (κ2) is 8.69. The Balaban J connectivity index is 2.68. The van der Waals surface area contributed by atoms with Crippen LogP contribution >= 0.6 is 27.5 Å². The molecule has 0 saturated carbocycles. The maximum Gasteiger partial charge on any atom is 0.435 e. The Morgan fingerprint density at radius 2 is 1.53 bits per heavy atom. The molecule has 0 radical (unpaired) electrons. The molecule has 0 aliphatic heterocycles. The summed E-state index contributed by atoms with van der Waals surface area (Å²) in [5.74, 6) is -1.45. The van der Waals surface area contributed by atoms with Gasteiger partial charge in [0.2, 0.25) is 0 Å². The number of hydrogen-bond acceptors (Lipinski definition) is 2. The quantitative estimate of drug-likeness (QED) is 0.319. The fourth-order valence-corrected chi connectivity index (χ4v) is 3.21. The fourth-order valence-electron chi connectivity index (χ4n) is 2.50. The third-order valence-electron chi connectivity index (χ3n) is 3.99. The lowest BCUT2D eigenvalue weighted by Crippen LogP contribution is -2.50. The van der Waals surface area contributed by atoms with Crippen molar-refractivity contribution in [3.05, 3.63) is 57.3 Å². The summed E-state index contributed by atoms with van der Waals surface area (Å²) in [6, 6.07) is 2.93. The third kappa shape index (κ3) is 4.95. The molecule has 2 rings (SSSR count). The SMILES string of the molecule is O=C(Nc1c(Br)cc(C(F)(C(F)(F)F)C(F)(F)F)cc1C(F)(F)F)c1cccc(CCl)n1. The molecule has 1 N–H and O–H groups in total. The number of halogens is 12.